The van der Waals surface area contributed by atoms with Gasteiger partial charge in [-0.25, -0.2) is 9.50 Å². The van der Waals surface area contributed by atoms with Gasteiger partial charge in [0, 0.05) is 48.0 Å². The molecule has 27 heavy (non-hydrogen) atoms. The van der Waals surface area contributed by atoms with E-state index >= 15 is 0 Å². The Morgan fingerprint density at radius 3 is 2.48 bits per heavy atom. The van der Waals surface area contributed by atoms with E-state index in [9.17, 15) is 0 Å². The van der Waals surface area contributed by atoms with Gasteiger partial charge in [-0.15, -0.1) is 5.10 Å². The first kappa shape index (κ1) is 16.6. The molecular formula is C18H17N7O2. The number of hydrogen-bond donors (Lipinski definition) is 2. The van der Waals surface area contributed by atoms with E-state index in [4.69, 9.17) is 15.2 Å². The molecule has 0 spiro atoms. The maximum Gasteiger partial charge on any atom is 0.247 e. The minimum absolute atomic E-state index is 0.419. The fourth-order valence-corrected chi connectivity index (χ4v) is 2.63. The molecule has 0 bridgehead atoms. The van der Waals surface area contributed by atoms with Crippen LogP contribution in [0.25, 0.3) is 16.9 Å². The summed E-state index contributed by atoms with van der Waals surface area (Å²) in [5.74, 6) is 2.19. The van der Waals surface area contributed by atoms with E-state index in [1.807, 2.05) is 18.2 Å². The third-order valence-electron chi connectivity index (χ3n) is 3.92. The lowest BCUT2D eigenvalue weighted by atomic mass is 10.2. The highest BCUT2D eigenvalue weighted by Gasteiger charge is 2.12. The first-order chi connectivity index (χ1) is 13.2. The predicted octanol–water partition coefficient (Wildman–Crippen LogP) is 2.53. The molecule has 4 rings (SSSR count). The van der Waals surface area contributed by atoms with Crippen molar-refractivity contribution in [1.29, 1.82) is 0 Å². The second-order valence-electron chi connectivity index (χ2n) is 5.68. The molecule has 0 fully saturated rings. The van der Waals surface area contributed by atoms with Gasteiger partial charge in [-0.1, -0.05) is 0 Å². The molecule has 0 saturated carbocycles. The normalized spacial score (nSPS) is 10.7. The van der Waals surface area contributed by atoms with Gasteiger partial charge < -0.3 is 20.5 Å². The Bertz CT molecular complexity index is 1070. The van der Waals surface area contributed by atoms with Crippen LogP contribution in [0.3, 0.4) is 0 Å². The van der Waals surface area contributed by atoms with Gasteiger partial charge in [-0.3, -0.25) is 4.98 Å². The lowest BCUT2D eigenvalue weighted by Crippen LogP contribution is -1.95. The average Bonchev–Trinajstić information content (AvgIpc) is 3.10. The highest BCUT2D eigenvalue weighted by Crippen LogP contribution is 2.28. The molecule has 0 unspecified atom stereocenters. The van der Waals surface area contributed by atoms with Crippen molar-refractivity contribution in [2.45, 2.75) is 0 Å². The number of hydrogen-bond acceptors (Lipinski definition) is 8. The number of aromatic nitrogens is 5. The summed E-state index contributed by atoms with van der Waals surface area (Å²) >= 11 is 0. The zero-order valence-electron chi connectivity index (χ0n) is 14.7. The smallest absolute Gasteiger partial charge is 0.247 e. The van der Waals surface area contributed by atoms with E-state index in [-0.39, 0.29) is 0 Å². The maximum atomic E-state index is 5.66. The summed E-state index contributed by atoms with van der Waals surface area (Å²) in [4.78, 5) is 13.1. The van der Waals surface area contributed by atoms with Crippen molar-refractivity contribution in [3.05, 3.63) is 48.9 Å². The van der Waals surface area contributed by atoms with Crippen LogP contribution in [0.2, 0.25) is 0 Å². The number of nitrogens with zero attached hydrogens (tertiary/aromatic N) is 5. The van der Waals surface area contributed by atoms with Gasteiger partial charge in [0.2, 0.25) is 5.95 Å². The third-order valence-corrected chi connectivity index (χ3v) is 3.92. The van der Waals surface area contributed by atoms with Crippen LogP contribution in [0.15, 0.2) is 48.9 Å². The summed E-state index contributed by atoms with van der Waals surface area (Å²) in [5, 5.41) is 7.61. The van der Waals surface area contributed by atoms with Crippen molar-refractivity contribution in [1.82, 2.24) is 24.6 Å². The molecule has 0 aliphatic heterocycles. The molecular weight excluding hydrogens is 346 g/mol. The van der Waals surface area contributed by atoms with Crippen LogP contribution in [-0.2, 0) is 0 Å². The Kier molecular flexibility index (Phi) is 4.17. The monoisotopic (exact) mass is 363 g/mol. The fourth-order valence-electron chi connectivity index (χ4n) is 2.63. The Hall–Kier alpha value is -3.88. The average molecular weight is 363 g/mol. The number of benzene rings is 1. The van der Waals surface area contributed by atoms with Crippen molar-refractivity contribution in [3.8, 4) is 22.8 Å². The summed E-state index contributed by atoms with van der Waals surface area (Å²) < 4.78 is 12.2. The SMILES string of the molecule is COc1cc(Nc2nc3c(-c4ccc(N)nc4)nccn3n2)cc(OC)c1. The van der Waals surface area contributed by atoms with E-state index in [1.54, 1.807) is 49.5 Å². The van der Waals surface area contributed by atoms with Crippen molar-refractivity contribution in [2.75, 3.05) is 25.3 Å². The zero-order valence-corrected chi connectivity index (χ0v) is 14.7. The molecule has 3 N–H and O–H groups in total. The standard InChI is InChI=1S/C18H17N7O2/c1-26-13-7-12(8-14(9-13)27-2)22-18-23-17-16(20-5-6-25(17)24-18)11-3-4-15(19)21-10-11/h3-10H,1-2H3,(H2,19,21)(H,22,24). The highest BCUT2D eigenvalue weighted by atomic mass is 16.5. The molecule has 9 nitrogen and oxygen atoms in total. The fraction of sp³-hybridized carbons (Fsp3) is 0.111. The van der Waals surface area contributed by atoms with Crippen LogP contribution in [0.1, 0.15) is 0 Å². The summed E-state index contributed by atoms with van der Waals surface area (Å²) in [6.07, 6.45) is 5.05. The van der Waals surface area contributed by atoms with Crippen molar-refractivity contribution in [2.24, 2.45) is 0 Å². The molecule has 0 amide bonds. The highest BCUT2D eigenvalue weighted by molar-refractivity contribution is 5.74. The molecule has 0 aliphatic rings. The molecule has 3 aromatic heterocycles. The van der Waals surface area contributed by atoms with Gasteiger partial charge in [0.1, 0.15) is 23.0 Å². The molecule has 3 heterocycles. The summed E-state index contributed by atoms with van der Waals surface area (Å²) in [6.45, 7) is 0. The minimum atomic E-state index is 0.419. The Morgan fingerprint density at radius 2 is 1.81 bits per heavy atom. The lowest BCUT2D eigenvalue weighted by Gasteiger charge is -2.08. The van der Waals surface area contributed by atoms with Crippen molar-refractivity contribution in [3.63, 3.8) is 0 Å². The van der Waals surface area contributed by atoms with Gasteiger partial charge in [0.05, 0.1) is 14.2 Å². The van der Waals surface area contributed by atoms with Crippen LogP contribution in [0, 0.1) is 0 Å². The molecule has 0 radical (unpaired) electrons. The van der Waals surface area contributed by atoms with E-state index in [1.165, 1.54) is 0 Å². The van der Waals surface area contributed by atoms with Crippen molar-refractivity contribution < 1.29 is 9.47 Å². The topological polar surface area (TPSA) is 112 Å². The van der Waals surface area contributed by atoms with Gasteiger partial charge in [0.25, 0.3) is 0 Å². The van der Waals surface area contributed by atoms with Crippen LogP contribution in [0.4, 0.5) is 17.5 Å². The van der Waals surface area contributed by atoms with Crippen molar-refractivity contribution >= 4 is 23.1 Å². The second kappa shape index (κ2) is 6.79. The largest absolute Gasteiger partial charge is 0.497 e. The number of nitrogens with one attached hydrogen (secondary N) is 1. The van der Waals surface area contributed by atoms with E-state index < -0.39 is 0 Å². The zero-order chi connectivity index (χ0) is 18.8. The summed E-state index contributed by atoms with van der Waals surface area (Å²) in [5.41, 5.74) is 8.46. The Morgan fingerprint density at radius 1 is 1.04 bits per heavy atom. The van der Waals surface area contributed by atoms with Crippen LogP contribution >= 0.6 is 0 Å². The van der Waals surface area contributed by atoms with E-state index in [0.29, 0.717) is 34.6 Å². The first-order valence-corrected chi connectivity index (χ1v) is 8.09. The molecule has 0 aliphatic carbocycles. The summed E-state index contributed by atoms with van der Waals surface area (Å²) in [7, 11) is 3.20. The summed E-state index contributed by atoms with van der Waals surface area (Å²) in [6, 6.07) is 9.02. The second-order valence-corrected chi connectivity index (χ2v) is 5.68. The van der Waals surface area contributed by atoms with E-state index in [0.717, 1.165) is 11.3 Å². The number of pyridine rings is 1. The van der Waals surface area contributed by atoms with Gasteiger partial charge in [-0.2, -0.15) is 4.98 Å². The minimum Gasteiger partial charge on any atom is -0.497 e. The van der Waals surface area contributed by atoms with E-state index in [2.05, 4.69) is 25.4 Å². The molecule has 0 atom stereocenters. The number of fused-ring (bicyclic) bond motifs is 1. The molecule has 4 aromatic rings. The number of ether oxygens (including phenoxy) is 2. The molecule has 0 saturated heterocycles. The maximum absolute atomic E-state index is 5.66. The third kappa shape index (κ3) is 3.30. The Balaban J connectivity index is 1.72. The van der Waals surface area contributed by atoms with Gasteiger partial charge in [-0.05, 0) is 12.1 Å². The number of anilines is 3. The number of nitrogen functional groups attached to an aromatic ring is 1. The molecule has 136 valence electrons. The Labute approximate surface area is 154 Å². The predicted molar refractivity (Wildman–Crippen MR) is 101 cm³/mol. The number of nitrogens with two attached hydrogens (primary N) is 1. The lowest BCUT2D eigenvalue weighted by molar-refractivity contribution is 0.395. The van der Waals surface area contributed by atoms with Gasteiger partial charge in [0.15, 0.2) is 5.65 Å². The molecule has 1 aromatic carbocycles. The van der Waals surface area contributed by atoms with Gasteiger partial charge >= 0.3 is 0 Å². The van der Waals surface area contributed by atoms with Crippen LogP contribution < -0.4 is 20.5 Å². The van der Waals surface area contributed by atoms with Crippen LogP contribution in [-0.4, -0.2) is 38.8 Å². The number of methoxy groups -OCH3 is 2. The number of rotatable bonds is 5. The quantitative estimate of drug-likeness (QED) is 0.556. The molecule has 9 heteroatoms. The van der Waals surface area contributed by atoms with Crippen LogP contribution in [0.5, 0.6) is 11.5 Å². The first-order valence-electron chi connectivity index (χ1n) is 8.09.